The highest BCUT2D eigenvalue weighted by molar-refractivity contribution is 5.30. The molecular weight excluding hydrogens is 217 g/mol. The number of halogens is 1. The Bertz CT molecular complexity index is 519. The molecular formula is C13H16FN3. The molecule has 0 aliphatic carbocycles. The second-order valence-corrected chi connectivity index (χ2v) is 4.06. The van der Waals surface area contributed by atoms with E-state index in [0.717, 1.165) is 17.8 Å². The van der Waals surface area contributed by atoms with Crippen LogP contribution in [0.2, 0.25) is 0 Å². The van der Waals surface area contributed by atoms with Crippen molar-refractivity contribution in [3.8, 4) is 0 Å². The van der Waals surface area contributed by atoms with Crippen molar-refractivity contribution in [2.45, 2.75) is 26.4 Å². The summed E-state index contributed by atoms with van der Waals surface area (Å²) in [5, 5.41) is 4.16. The van der Waals surface area contributed by atoms with Gasteiger partial charge >= 0.3 is 0 Å². The molecule has 17 heavy (non-hydrogen) atoms. The largest absolute Gasteiger partial charge is 0.319 e. The molecule has 2 aromatic rings. The number of nitrogens with zero attached hydrogens (tertiary/aromatic N) is 2. The van der Waals surface area contributed by atoms with Gasteiger partial charge in [-0.1, -0.05) is 12.1 Å². The van der Waals surface area contributed by atoms with E-state index in [1.165, 1.54) is 6.07 Å². The Morgan fingerprint density at radius 3 is 2.82 bits per heavy atom. The van der Waals surface area contributed by atoms with E-state index in [4.69, 9.17) is 5.73 Å². The van der Waals surface area contributed by atoms with E-state index in [1.54, 1.807) is 19.2 Å². The van der Waals surface area contributed by atoms with Crippen molar-refractivity contribution in [1.82, 2.24) is 9.78 Å². The van der Waals surface area contributed by atoms with Crippen molar-refractivity contribution < 1.29 is 4.39 Å². The first kappa shape index (κ1) is 11.8. The molecule has 0 aliphatic rings. The first-order valence-electron chi connectivity index (χ1n) is 5.66. The summed E-state index contributed by atoms with van der Waals surface area (Å²) >= 11 is 0. The zero-order valence-corrected chi connectivity index (χ0v) is 10.0. The fraction of sp³-hybridized carbons (Fsp3) is 0.308. The average molecular weight is 233 g/mol. The van der Waals surface area contributed by atoms with Gasteiger partial charge in [0.05, 0.1) is 11.7 Å². The molecule has 0 radical (unpaired) electrons. The second-order valence-electron chi connectivity index (χ2n) is 4.06. The molecule has 1 aromatic heterocycles. The van der Waals surface area contributed by atoms with Crippen molar-refractivity contribution in [2.24, 2.45) is 5.73 Å². The number of aromatic nitrogens is 2. The van der Waals surface area contributed by atoms with Crippen LogP contribution in [0, 0.1) is 12.7 Å². The molecule has 3 nitrogen and oxygen atoms in total. The smallest absolute Gasteiger partial charge is 0.126 e. The Balaban J connectivity index is 2.36. The van der Waals surface area contributed by atoms with Crippen LogP contribution in [-0.4, -0.2) is 9.78 Å². The van der Waals surface area contributed by atoms with Crippen LogP contribution in [0.15, 0.2) is 30.5 Å². The zero-order chi connectivity index (χ0) is 12.4. The van der Waals surface area contributed by atoms with Gasteiger partial charge in [-0.2, -0.15) is 5.10 Å². The van der Waals surface area contributed by atoms with Gasteiger partial charge in [-0.05, 0) is 37.1 Å². The summed E-state index contributed by atoms with van der Waals surface area (Å²) < 4.78 is 15.3. The fourth-order valence-electron chi connectivity index (χ4n) is 1.84. The third-order valence-corrected chi connectivity index (χ3v) is 2.92. The molecule has 0 aliphatic heterocycles. The summed E-state index contributed by atoms with van der Waals surface area (Å²) in [5.41, 5.74) is 8.42. The molecule has 1 heterocycles. The van der Waals surface area contributed by atoms with E-state index in [1.807, 2.05) is 23.7 Å². The Kier molecular flexibility index (Phi) is 3.24. The van der Waals surface area contributed by atoms with Crippen LogP contribution >= 0.6 is 0 Å². The molecule has 2 N–H and O–H groups in total. The SMILES string of the molecule is CCn1nccc1C(N)c1ccc(C)c(F)c1. The van der Waals surface area contributed by atoms with E-state index in [2.05, 4.69) is 5.10 Å². The molecule has 1 aromatic carbocycles. The van der Waals surface area contributed by atoms with Crippen LogP contribution in [0.25, 0.3) is 0 Å². The van der Waals surface area contributed by atoms with Crippen LogP contribution in [0.1, 0.15) is 29.8 Å². The van der Waals surface area contributed by atoms with Crippen LogP contribution in [0.3, 0.4) is 0 Å². The first-order chi connectivity index (χ1) is 8.13. The zero-order valence-electron chi connectivity index (χ0n) is 10.0. The average Bonchev–Trinajstić information content (AvgIpc) is 2.80. The lowest BCUT2D eigenvalue weighted by Crippen LogP contribution is -2.17. The van der Waals surface area contributed by atoms with Gasteiger partial charge < -0.3 is 5.73 Å². The number of hydrogen-bond donors (Lipinski definition) is 1. The summed E-state index contributed by atoms with van der Waals surface area (Å²) in [6, 6.07) is 6.62. The Labute approximate surface area is 100 Å². The lowest BCUT2D eigenvalue weighted by atomic mass is 10.0. The van der Waals surface area contributed by atoms with Gasteiger partial charge in [0.25, 0.3) is 0 Å². The standard InChI is InChI=1S/C13H16FN3/c1-3-17-12(6-7-16-17)13(15)10-5-4-9(2)11(14)8-10/h4-8,13H,3,15H2,1-2H3. The van der Waals surface area contributed by atoms with Crippen LogP contribution < -0.4 is 5.73 Å². The van der Waals surface area contributed by atoms with E-state index in [0.29, 0.717) is 5.56 Å². The van der Waals surface area contributed by atoms with Gasteiger partial charge in [-0.15, -0.1) is 0 Å². The highest BCUT2D eigenvalue weighted by Crippen LogP contribution is 2.21. The molecule has 0 saturated carbocycles. The number of aryl methyl sites for hydroxylation is 2. The molecule has 0 amide bonds. The van der Waals surface area contributed by atoms with Gasteiger partial charge in [0.1, 0.15) is 5.82 Å². The lowest BCUT2D eigenvalue weighted by molar-refractivity contribution is 0.592. The van der Waals surface area contributed by atoms with Gasteiger partial charge in [-0.25, -0.2) is 4.39 Å². The maximum absolute atomic E-state index is 13.5. The normalized spacial score (nSPS) is 12.7. The Morgan fingerprint density at radius 1 is 1.41 bits per heavy atom. The van der Waals surface area contributed by atoms with Gasteiger partial charge in [0, 0.05) is 12.7 Å². The molecule has 2 rings (SSSR count). The van der Waals surface area contributed by atoms with Gasteiger partial charge in [0.15, 0.2) is 0 Å². The molecule has 0 spiro atoms. The monoisotopic (exact) mass is 233 g/mol. The molecule has 0 fully saturated rings. The van der Waals surface area contributed by atoms with E-state index in [9.17, 15) is 4.39 Å². The van der Waals surface area contributed by atoms with Crippen molar-refractivity contribution in [3.05, 3.63) is 53.1 Å². The molecule has 0 bridgehead atoms. The number of hydrogen-bond acceptors (Lipinski definition) is 2. The van der Waals surface area contributed by atoms with E-state index in [-0.39, 0.29) is 11.9 Å². The highest BCUT2D eigenvalue weighted by Gasteiger charge is 2.14. The Hall–Kier alpha value is -1.68. The maximum Gasteiger partial charge on any atom is 0.126 e. The van der Waals surface area contributed by atoms with E-state index < -0.39 is 0 Å². The third kappa shape index (κ3) is 2.22. The van der Waals surface area contributed by atoms with Crippen LogP contribution in [0.4, 0.5) is 4.39 Å². The first-order valence-corrected chi connectivity index (χ1v) is 5.66. The van der Waals surface area contributed by atoms with Crippen molar-refractivity contribution in [1.29, 1.82) is 0 Å². The van der Waals surface area contributed by atoms with E-state index >= 15 is 0 Å². The predicted octanol–water partition coefficient (Wildman–Crippen LogP) is 2.40. The summed E-state index contributed by atoms with van der Waals surface area (Å²) in [7, 11) is 0. The summed E-state index contributed by atoms with van der Waals surface area (Å²) in [6.07, 6.45) is 1.71. The fourth-order valence-corrected chi connectivity index (χ4v) is 1.84. The molecule has 90 valence electrons. The minimum Gasteiger partial charge on any atom is -0.319 e. The minimum atomic E-state index is -0.340. The molecule has 1 unspecified atom stereocenters. The Morgan fingerprint density at radius 2 is 2.18 bits per heavy atom. The molecule has 0 saturated heterocycles. The second kappa shape index (κ2) is 4.67. The maximum atomic E-state index is 13.5. The summed E-state index contributed by atoms with van der Waals surface area (Å²) in [4.78, 5) is 0. The highest BCUT2D eigenvalue weighted by atomic mass is 19.1. The molecule has 4 heteroatoms. The molecule has 1 atom stereocenters. The van der Waals surface area contributed by atoms with Crippen molar-refractivity contribution in [3.63, 3.8) is 0 Å². The summed E-state index contributed by atoms with van der Waals surface area (Å²) in [6.45, 7) is 4.49. The lowest BCUT2D eigenvalue weighted by Gasteiger charge is -2.14. The third-order valence-electron chi connectivity index (χ3n) is 2.92. The predicted molar refractivity (Wildman–Crippen MR) is 65.1 cm³/mol. The minimum absolute atomic E-state index is 0.222. The topological polar surface area (TPSA) is 43.8 Å². The van der Waals surface area contributed by atoms with Crippen LogP contribution in [-0.2, 0) is 6.54 Å². The quantitative estimate of drug-likeness (QED) is 0.884. The van der Waals surface area contributed by atoms with Crippen LogP contribution in [0.5, 0.6) is 0 Å². The number of benzene rings is 1. The van der Waals surface area contributed by atoms with Crippen molar-refractivity contribution >= 4 is 0 Å². The van der Waals surface area contributed by atoms with Crippen molar-refractivity contribution in [2.75, 3.05) is 0 Å². The number of rotatable bonds is 3. The number of nitrogens with two attached hydrogens (primary N) is 1. The van der Waals surface area contributed by atoms with Gasteiger partial charge in [-0.3, -0.25) is 4.68 Å². The van der Waals surface area contributed by atoms with Gasteiger partial charge in [0.2, 0.25) is 0 Å². The summed E-state index contributed by atoms with van der Waals surface area (Å²) in [5.74, 6) is -0.222.